The molecule has 0 heterocycles. The van der Waals surface area contributed by atoms with Gasteiger partial charge in [0.15, 0.2) is 0 Å². The van der Waals surface area contributed by atoms with Crippen molar-refractivity contribution in [1.29, 1.82) is 0 Å². The van der Waals surface area contributed by atoms with Crippen LogP contribution >= 0.6 is 23.5 Å². The SMILES string of the molecule is CCCCCCSCc1cc(C)cc(CSCCCCCC)c1O. The Bertz CT molecular complexity index is 408. The standard InChI is InChI=1S/C21H36OS2/c1-4-6-8-10-12-23-16-19-14-18(3)15-20(21(19)22)17-24-13-11-9-7-5-2/h14-15,22H,4-13,16-17H2,1-3H3. The summed E-state index contributed by atoms with van der Waals surface area (Å²) in [6.07, 6.45) is 10.5. The molecule has 1 rings (SSSR count). The van der Waals surface area contributed by atoms with Crippen LogP contribution in [0.4, 0.5) is 0 Å². The zero-order valence-electron chi connectivity index (χ0n) is 15.9. The Balaban J connectivity index is 2.39. The number of hydrogen-bond donors (Lipinski definition) is 1. The number of aryl methyl sites for hydroxylation is 1. The minimum Gasteiger partial charge on any atom is -0.507 e. The van der Waals surface area contributed by atoms with Crippen molar-refractivity contribution in [3.63, 3.8) is 0 Å². The Hall–Kier alpha value is -0.280. The second-order valence-corrected chi connectivity index (χ2v) is 8.87. The average molecular weight is 369 g/mol. The summed E-state index contributed by atoms with van der Waals surface area (Å²) in [6.45, 7) is 6.65. The summed E-state index contributed by atoms with van der Waals surface area (Å²) < 4.78 is 0. The number of phenols is 1. The molecule has 0 aliphatic heterocycles. The van der Waals surface area contributed by atoms with Crippen molar-refractivity contribution >= 4 is 23.5 Å². The minimum absolute atomic E-state index is 0.544. The van der Waals surface area contributed by atoms with Crippen molar-refractivity contribution in [3.05, 3.63) is 28.8 Å². The topological polar surface area (TPSA) is 20.2 Å². The van der Waals surface area contributed by atoms with E-state index in [1.165, 1.54) is 68.4 Å². The maximum Gasteiger partial charge on any atom is 0.123 e. The molecule has 0 unspecified atom stereocenters. The van der Waals surface area contributed by atoms with Gasteiger partial charge in [-0.1, -0.05) is 70.1 Å². The first-order chi connectivity index (χ1) is 11.7. The fourth-order valence-corrected chi connectivity index (χ4v) is 4.77. The highest BCUT2D eigenvalue weighted by molar-refractivity contribution is 7.98. The molecule has 1 aromatic rings. The summed E-state index contributed by atoms with van der Waals surface area (Å²) in [5.41, 5.74) is 3.52. The summed E-state index contributed by atoms with van der Waals surface area (Å²) in [7, 11) is 0. The molecule has 0 aromatic heterocycles. The highest BCUT2D eigenvalue weighted by Gasteiger charge is 2.09. The van der Waals surface area contributed by atoms with Crippen molar-refractivity contribution in [1.82, 2.24) is 0 Å². The van der Waals surface area contributed by atoms with Gasteiger partial charge >= 0.3 is 0 Å². The lowest BCUT2D eigenvalue weighted by Gasteiger charge is -2.12. The molecular formula is C21H36OS2. The molecule has 0 amide bonds. The molecule has 1 nitrogen and oxygen atoms in total. The number of rotatable bonds is 14. The smallest absolute Gasteiger partial charge is 0.123 e. The first-order valence-corrected chi connectivity index (χ1v) is 12.0. The van der Waals surface area contributed by atoms with Gasteiger partial charge in [0.05, 0.1) is 0 Å². The highest BCUT2D eigenvalue weighted by Crippen LogP contribution is 2.31. The maximum absolute atomic E-state index is 10.6. The molecule has 0 aliphatic rings. The van der Waals surface area contributed by atoms with Crippen LogP contribution < -0.4 is 0 Å². The fourth-order valence-electron chi connectivity index (χ4n) is 2.78. The van der Waals surface area contributed by atoms with E-state index in [0.717, 1.165) is 22.6 Å². The number of benzene rings is 1. The monoisotopic (exact) mass is 368 g/mol. The third-order valence-electron chi connectivity index (χ3n) is 4.21. The molecule has 0 spiro atoms. The molecule has 0 fully saturated rings. The van der Waals surface area contributed by atoms with Crippen molar-refractivity contribution in [3.8, 4) is 5.75 Å². The van der Waals surface area contributed by atoms with Gasteiger partial charge in [-0.15, -0.1) is 0 Å². The Morgan fingerprint density at radius 3 is 1.62 bits per heavy atom. The van der Waals surface area contributed by atoms with E-state index in [2.05, 4.69) is 32.9 Å². The minimum atomic E-state index is 0.544. The highest BCUT2D eigenvalue weighted by atomic mass is 32.2. The van der Waals surface area contributed by atoms with Gasteiger partial charge in [-0.2, -0.15) is 23.5 Å². The van der Waals surface area contributed by atoms with Crippen molar-refractivity contribution in [2.75, 3.05) is 11.5 Å². The molecule has 0 saturated heterocycles. The third-order valence-corrected chi connectivity index (χ3v) is 6.40. The van der Waals surface area contributed by atoms with Gasteiger partial charge in [0.2, 0.25) is 0 Å². The van der Waals surface area contributed by atoms with Gasteiger partial charge in [-0.3, -0.25) is 0 Å². The van der Waals surface area contributed by atoms with Crippen LogP contribution in [0.15, 0.2) is 12.1 Å². The van der Waals surface area contributed by atoms with Crippen LogP contribution in [0.3, 0.4) is 0 Å². The molecule has 1 N–H and O–H groups in total. The number of unbranched alkanes of at least 4 members (excludes halogenated alkanes) is 6. The van der Waals surface area contributed by atoms with Gasteiger partial charge < -0.3 is 5.11 Å². The van der Waals surface area contributed by atoms with Gasteiger partial charge in [-0.05, 0) is 31.3 Å². The molecule has 24 heavy (non-hydrogen) atoms. The van der Waals surface area contributed by atoms with Crippen LogP contribution in [-0.4, -0.2) is 16.6 Å². The van der Waals surface area contributed by atoms with E-state index >= 15 is 0 Å². The van der Waals surface area contributed by atoms with Crippen molar-refractivity contribution in [2.24, 2.45) is 0 Å². The Labute approximate surface area is 158 Å². The zero-order valence-corrected chi connectivity index (χ0v) is 17.5. The largest absolute Gasteiger partial charge is 0.507 e. The molecule has 3 heteroatoms. The van der Waals surface area contributed by atoms with E-state index in [4.69, 9.17) is 0 Å². The molecular weight excluding hydrogens is 332 g/mol. The van der Waals surface area contributed by atoms with Gasteiger partial charge in [-0.25, -0.2) is 0 Å². The fraction of sp³-hybridized carbons (Fsp3) is 0.714. The predicted molar refractivity (Wildman–Crippen MR) is 113 cm³/mol. The van der Waals surface area contributed by atoms with Gasteiger partial charge in [0.25, 0.3) is 0 Å². The summed E-state index contributed by atoms with van der Waals surface area (Å²) in [5.74, 6) is 4.83. The first-order valence-electron chi connectivity index (χ1n) is 9.65. The lowest BCUT2D eigenvalue weighted by atomic mass is 10.1. The van der Waals surface area contributed by atoms with Crippen LogP contribution in [0.1, 0.15) is 81.9 Å². The molecule has 0 aliphatic carbocycles. The summed E-state index contributed by atoms with van der Waals surface area (Å²) in [4.78, 5) is 0. The zero-order chi connectivity index (χ0) is 17.6. The van der Waals surface area contributed by atoms with E-state index in [-0.39, 0.29) is 0 Å². The number of phenolic OH excluding ortho intramolecular Hbond substituents is 1. The van der Waals surface area contributed by atoms with Crippen LogP contribution in [0.2, 0.25) is 0 Å². The Kier molecular flexibility index (Phi) is 12.6. The van der Waals surface area contributed by atoms with Gasteiger partial charge in [0.1, 0.15) is 5.75 Å². The second kappa shape index (κ2) is 13.9. The predicted octanol–water partition coefficient (Wildman–Crippen LogP) is 7.33. The van der Waals surface area contributed by atoms with Crippen molar-refractivity contribution < 1.29 is 5.11 Å². The van der Waals surface area contributed by atoms with E-state index in [1.807, 2.05) is 23.5 Å². The van der Waals surface area contributed by atoms with E-state index in [0.29, 0.717) is 5.75 Å². The summed E-state index contributed by atoms with van der Waals surface area (Å²) in [5, 5.41) is 10.6. The first kappa shape index (κ1) is 21.8. The Morgan fingerprint density at radius 1 is 0.750 bits per heavy atom. The molecule has 1 aromatic carbocycles. The third kappa shape index (κ3) is 9.27. The van der Waals surface area contributed by atoms with E-state index in [1.54, 1.807) is 0 Å². The molecule has 0 radical (unpaired) electrons. The lowest BCUT2D eigenvalue weighted by Crippen LogP contribution is -1.93. The average Bonchev–Trinajstić information content (AvgIpc) is 2.57. The molecule has 138 valence electrons. The molecule has 0 bridgehead atoms. The van der Waals surface area contributed by atoms with E-state index in [9.17, 15) is 5.11 Å². The number of thioether (sulfide) groups is 2. The van der Waals surface area contributed by atoms with Crippen LogP contribution in [0, 0.1) is 6.92 Å². The van der Waals surface area contributed by atoms with Crippen LogP contribution in [0.25, 0.3) is 0 Å². The van der Waals surface area contributed by atoms with Gasteiger partial charge in [0, 0.05) is 22.6 Å². The molecule has 0 saturated carbocycles. The van der Waals surface area contributed by atoms with Crippen molar-refractivity contribution in [2.45, 2.75) is 83.6 Å². The second-order valence-electron chi connectivity index (χ2n) is 6.66. The summed E-state index contributed by atoms with van der Waals surface area (Å²) in [6, 6.07) is 4.31. The quantitative estimate of drug-likeness (QED) is 0.347. The normalized spacial score (nSPS) is 11.1. The Morgan fingerprint density at radius 2 is 1.21 bits per heavy atom. The number of hydrogen-bond acceptors (Lipinski definition) is 3. The summed E-state index contributed by atoms with van der Waals surface area (Å²) >= 11 is 3.92. The molecule has 0 atom stereocenters. The lowest BCUT2D eigenvalue weighted by molar-refractivity contribution is 0.465. The van der Waals surface area contributed by atoms with Crippen LogP contribution in [-0.2, 0) is 11.5 Å². The van der Waals surface area contributed by atoms with Crippen LogP contribution in [0.5, 0.6) is 5.75 Å². The number of aromatic hydroxyl groups is 1. The maximum atomic E-state index is 10.6. The van der Waals surface area contributed by atoms with E-state index < -0.39 is 0 Å².